The number of fused-ring (bicyclic) bond motifs is 2. The van der Waals surface area contributed by atoms with Gasteiger partial charge in [0, 0.05) is 43.2 Å². The maximum absolute atomic E-state index is 4.68. The zero-order valence-electron chi connectivity index (χ0n) is 16.7. The molecule has 0 bridgehead atoms. The summed E-state index contributed by atoms with van der Waals surface area (Å²) in [5, 5.41) is 17.9. The summed E-state index contributed by atoms with van der Waals surface area (Å²) in [6.07, 6.45) is 6.23. The lowest BCUT2D eigenvalue weighted by atomic mass is 9.95. The van der Waals surface area contributed by atoms with Gasteiger partial charge in [0.25, 0.3) is 0 Å². The van der Waals surface area contributed by atoms with Crippen molar-refractivity contribution in [3.63, 3.8) is 0 Å². The first kappa shape index (κ1) is 17.8. The lowest BCUT2D eigenvalue weighted by Crippen LogP contribution is -2.34. The molecule has 2 aliphatic heterocycles. The Labute approximate surface area is 165 Å². The number of aromatic nitrogens is 6. The molecule has 0 spiro atoms. The van der Waals surface area contributed by atoms with Crippen LogP contribution in [-0.4, -0.2) is 54.1 Å². The van der Waals surface area contributed by atoms with Gasteiger partial charge in [0.05, 0.1) is 12.7 Å². The Hall–Kier alpha value is -2.32. The van der Waals surface area contributed by atoms with Gasteiger partial charge in [-0.1, -0.05) is 0 Å². The van der Waals surface area contributed by atoms with Crippen molar-refractivity contribution in [3.05, 3.63) is 35.7 Å². The fourth-order valence-corrected chi connectivity index (χ4v) is 4.47. The van der Waals surface area contributed by atoms with Crippen LogP contribution < -0.4 is 5.32 Å². The largest absolute Gasteiger partial charge is 0.312 e. The highest BCUT2D eigenvalue weighted by Crippen LogP contribution is 2.28. The molecule has 5 heterocycles. The van der Waals surface area contributed by atoms with E-state index in [0.29, 0.717) is 12.0 Å². The molecule has 0 aromatic carbocycles. The zero-order valence-corrected chi connectivity index (χ0v) is 16.7. The maximum Gasteiger partial charge on any atom is 0.157 e. The number of hydrogen-bond donors (Lipinski definition) is 1. The summed E-state index contributed by atoms with van der Waals surface area (Å²) in [5.41, 5.74) is 2.24. The molecule has 8 nitrogen and oxygen atoms in total. The van der Waals surface area contributed by atoms with Gasteiger partial charge in [-0.05, 0) is 51.4 Å². The maximum atomic E-state index is 4.68. The predicted molar refractivity (Wildman–Crippen MR) is 107 cm³/mol. The molecule has 2 aliphatic rings. The van der Waals surface area contributed by atoms with Crippen LogP contribution in [0.15, 0.2) is 18.5 Å². The van der Waals surface area contributed by atoms with Crippen LogP contribution in [0.4, 0.5) is 0 Å². The third kappa shape index (κ3) is 3.20. The molecule has 1 saturated heterocycles. The fraction of sp³-hybridized carbons (Fsp3) is 0.600. The van der Waals surface area contributed by atoms with E-state index < -0.39 is 0 Å². The Balaban J connectivity index is 1.24. The van der Waals surface area contributed by atoms with Crippen molar-refractivity contribution in [2.24, 2.45) is 0 Å². The number of likely N-dealkylation sites (tertiary alicyclic amines) is 1. The minimum Gasteiger partial charge on any atom is -0.312 e. The van der Waals surface area contributed by atoms with Crippen molar-refractivity contribution in [1.82, 2.24) is 39.7 Å². The number of hydrogen-bond acceptors (Lipinski definition) is 6. The van der Waals surface area contributed by atoms with E-state index in [9.17, 15) is 0 Å². The van der Waals surface area contributed by atoms with E-state index in [0.717, 1.165) is 69.0 Å². The fourth-order valence-electron chi connectivity index (χ4n) is 4.47. The molecule has 1 N–H and O–H groups in total. The molecular weight excluding hydrogens is 352 g/mol. The topological polar surface area (TPSA) is 76.7 Å². The van der Waals surface area contributed by atoms with Crippen LogP contribution >= 0.6 is 0 Å². The van der Waals surface area contributed by atoms with E-state index in [4.69, 9.17) is 0 Å². The summed E-state index contributed by atoms with van der Waals surface area (Å²) in [4.78, 5) is 7.21. The van der Waals surface area contributed by atoms with Gasteiger partial charge in [0.2, 0.25) is 0 Å². The van der Waals surface area contributed by atoms with Crippen molar-refractivity contribution >= 4 is 11.0 Å². The van der Waals surface area contributed by atoms with Crippen LogP contribution in [-0.2, 0) is 19.6 Å². The Morgan fingerprint density at radius 2 is 2.00 bits per heavy atom. The molecule has 8 heteroatoms. The van der Waals surface area contributed by atoms with E-state index in [2.05, 4.69) is 55.0 Å². The summed E-state index contributed by atoms with van der Waals surface area (Å²) in [6.45, 7) is 10.2. The molecule has 3 aromatic rings. The van der Waals surface area contributed by atoms with E-state index in [-0.39, 0.29) is 0 Å². The van der Waals surface area contributed by atoms with E-state index in [1.807, 2.05) is 17.1 Å². The second-order valence-corrected chi connectivity index (χ2v) is 8.29. The second kappa shape index (κ2) is 7.25. The molecule has 0 saturated carbocycles. The summed E-state index contributed by atoms with van der Waals surface area (Å²) >= 11 is 0. The van der Waals surface area contributed by atoms with Crippen LogP contribution in [0, 0.1) is 0 Å². The van der Waals surface area contributed by atoms with Gasteiger partial charge in [-0.15, -0.1) is 10.2 Å². The third-order valence-corrected chi connectivity index (χ3v) is 5.99. The lowest BCUT2D eigenvalue weighted by Gasteiger charge is -2.32. The average Bonchev–Trinajstić information content (AvgIpc) is 3.32. The van der Waals surface area contributed by atoms with Crippen molar-refractivity contribution in [3.8, 4) is 0 Å². The highest BCUT2D eigenvalue weighted by molar-refractivity contribution is 5.75. The highest BCUT2D eigenvalue weighted by Gasteiger charge is 2.27. The first-order chi connectivity index (χ1) is 13.7. The van der Waals surface area contributed by atoms with Crippen LogP contribution in [0.1, 0.15) is 55.9 Å². The standard InChI is InChI=1S/C20H28N8/c1-14(2)28-19-17(11-23-28)9-15(10-22-19)13-26-6-3-16(4-7-26)20-25-24-18-12-21-5-8-27(18)20/h9-11,14,16,21H,3-8,12-13H2,1-2H3. The van der Waals surface area contributed by atoms with Crippen molar-refractivity contribution < 1.29 is 0 Å². The third-order valence-electron chi connectivity index (χ3n) is 5.99. The van der Waals surface area contributed by atoms with Gasteiger partial charge in [0.15, 0.2) is 5.65 Å². The van der Waals surface area contributed by atoms with Crippen molar-refractivity contribution in [1.29, 1.82) is 0 Å². The van der Waals surface area contributed by atoms with Crippen LogP contribution in [0.2, 0.25) is 0 Å². The predicted octanol–water partition coefficient (Wildman–Crippen LogP) is 2.09. The van der Waals surface area contributed by atoms with E-state index >= 15 is 0 Å². The monoisotopic (exact) mass is 380 g/mol. The molecule has 1 fully saturated rings. The van der Waals surface area contributed by atoms with Gasteiger partial charge in [0.1, 0.15) is 11.6 Å². The van der Waals surface area contributed by atoms with Crippen molar-refractivity contribution in [2.45, 2.75) is 58.3 Å². The Morgan fingerprint density at radius 1 is 1.14 bits per heavy atom. The number of nitrogens with zero attached hydrogens (tertiary/aromatic N) is 7. The Morgan fingerprint density at radius 3 is 2.82 bits per heavy atom. The van der Waals surface area contributed by atoms with Crippen LogP contribution in [0.25, 0.3) is 11.0 Å². The van der Waals surface area contributed by atoms with Gasteiger partial charge in [-0.25, -0.2) is 9.67 Å². The molecular formula is C20H28N8. The molecule has 0 radical (unpaired) electrons. The summed E-state index contributed by atoms with van der Waals surface area (Å²) in [7, 11) is 0. The average molecular weight is 381 g/mol. The summed E-state index contributed by atoms with van der Waals surface area (Å²) in [5.74, 6) is 2.81. The summed E-state index contributed by atoms with van der Waals surface area (Å²) in [6, 6.07) is 2.57. The molecule has 0 amide bonds. The number of nitrogens with one attached hydrogen (secondary N) is 1. The zero-order chi connectivity index (χ0) is 19.1. The normalized spacial score (nSPS) is 18.8. The smallest absolute Gasteiger partial charge is 0.157 e. The molecule has 0 aliphatic carbocycles. The number of rotatable bonds is 4. The molecule has 3 aromatic heterocycles. The first-order valence-corrected chi connectivity index (χ1v) is 10.4. The molecule has 28 heavy (non-hydrogen) atoms. The van der Waals surface area contributed by atoms with Crippen LogP contribution in [0.3, 0.4) is 0 Å². The minimum atomic E-state index is 0.327. The number of piperidine rings is 1. The molecule has 5 rings (SSSR count). The lowest BCUT2D eigenvalue weighted by molar-refractivity contribution is 0.199. The number of pyridine rings is 1. The van der Waals surface area contributed by atoms with Gasteiger partial charge in [-0.3, -0.25) is 4.90 Å². The van der Waals surface area contributed by atoms with Crippen LogP contribution in [0.5, 0.6) is 0 Å². The summed E-state index contributed by atoms with van der Waals surface area (Å²) < 4.78 is 4.32. The molecule has 148 valence electrons. The van der Waals surface area contributed by atoms with Gasteiger partial charge >= 0.3 is 0 Å². The van der Waals surface area contributed by atoms with Crippen molar-refractivity contribution in [2.75, 3.05) is 19.6 Å². The quantitative estimate of drug-likeness (QED) is 0.747. The van der Waals surface area contributed by atoms with E-state index in [1.165, 1.54) is 11.4 Å². The Bertz CT molecular complexity index is 964. The molecule has 0 atom stereocenters. The second-order valence-electron chi connectivity index (χ2n) is 8.29. The Kier molecular flexibility index (Phi) is 4.60. The minimum absolute atomic E-state index is 0.327. The molecule has 0 unspecified atom stereocenters. The highest BCUT2D eigenvalue weighted by atomic mass is 15.3. The SMILES string of the molecule is CC(C)n1ncc2cc(CN3CCC(c4nnc5n4CCNC5)CC3)cnc21. The first-order valence-electron chi connectivity index (χ1n) is 10.4. The van der Waals surface area contributed by atoms with Gasteiger partial charge < -0.3 is 9.88 Å². The van der Waals surface area contributed by atoms with Gasteiger partial charge in [-0.2, -0.15) is 5.10 Å². The van der Waals surface area contributed by atoms with E-state index in [1.54, 1.807) is 0 Å².